The minimum Gasteiger partial charge on any atom is -0.314 e. The van der Waals surface area contributed by atoms with Gasteiger partial charge >= 0.3 is 11.4 Å². The molecule has 0 fully saturated rings. The van der Waals surface area contributed by atoms with E-state index in [0.29, 0.717) is 22.6 Å². The fourth-order valence-electron chi connectivity index (χ4n) is 1.36. The lowest BCUT2D eigenvalue weighted by molar-refractivity contribution is 0.994. The van der Waals surface area contributed by atoms with Crippen LogP contribution >= 0.6 is 11.8 Å². The van der Waals surface area contributed by atoms with Crippen molar-refractivity contribution in [3.8, 4) is 0 Å². The molecule has 8 nitrogen and oxygen atoms in total. The molecule has 0 saturated heterocycles. The molecule has 0 aliphatic rings. The van der Waals surface area contributed by atoms with Crippen LogP contribution in [0.25, 0.3) is 0 Å². The molecule has 2 rings (SSSR count). The van der Waals surface area contributed by atoms with Gasteiger partial charge in [-0.3, -0.25) is 19.6 Å². The molecule has 0 amide bonds. The summed E-state index contributed by atoms with van der Waals surface area (Å²) in [5.74, 6) is 0.676. The van der Waals surface area contributed by atoms with Crippen LogP contribution in [0.3, 0.4) is 0 Å². The van der Waals surface area contributed by atoms with Crippen molar-refractivity contribution in [1.82, 2.24) is 19.9 Å². The third kappa shape index (κ3) is 3.35. The highest BCUT2D eigenvalue weighted by Gasteiger charge is 2.03. The van der Waals surface area contributed by atoms with Crippen molar-refractivity contribution in [1.29, 1.82) is 0 Å². The second-order valence-electron chi connectivity index (χ2n) is 3.69. The largest absolute Gasteiger partial charge is 0.325 e. The molecule has 100 valence electrons. The first-order valence-electron chi connectivity index (χ1n) is 5.26. The fraction of sp³-hybridized carbons (Fsp3) is 0.200. The fourth-order valence-corrected chi connectivity index (χ4v) is 2.33. The van der Waals surface area contributed by atoms with Gasteiger partial charge in [0.25, 0.3) is 11.1 Å². The molecule has 0 unspecified atom stereocenters. The second-order valence-corrected chi connectivity index (χ2v) is 4.67. The monoisotopic (exact) mass is 282 g/mol. The van der Waals surface area contributed by atoms with E-state index in [1.165, 1.54) is 24.2 Å². The Morgan fingerprint density at radius 2 is 1.21 bits per heavy atom. The van der Waals surface area contributed by atoms with Gasteiger partial charge in [-0.25, -0.2) is 9.59 Å². The molecule has 0 atom stereocenters. The van der Waals surface area contributed by atoms with E-state index in [1.54, 1.807) is 0 Å². The Kier molecular flexibility index (Phi) is 3.85. The van der Waals surface area contributed by atoms with Crippen LogP contribution in [0.15, 0.2) is 31.6 Å². The zero-order valence-corrected chi connectivity index (χ0v) is 10.4. The lowest BCUT2D eigenvalue weighted by Crippen LogP contribution is -2.25. The van der Waals surface area contributed by atoms with Crippen LogP contribution < -0.4 is 22.5 Å². The van der Waals surface area contributed by atoms with Gasteiger partial charge < -0.3 is 9.97 Å². The third-order valence-electron chi connectivity index (χ3n) is 2.31. The second kappa shape index (κ2) is 5.57. The van der Waals surface area contributed by atoms with E-state index in [9.17, 15) is 19.2 Å². The van der Waals surface area contributed by atoms with Crippen LogP contribution in [0, 0.1) is 0 Å². The zero-order chi connectivity index (χ0) is 13.8. The first-order chi connectivity index (χ1) is 9.06. The summed E-state index contributed by atoms with van der Waals surface area (Å²) in [4.78, 5) is 53.4. The molecule has 0 bridgehead atoms. The van der Waals surface area contributed by atoms with Gasteiger partial charge in [-0.1, -0.05) is 0 Å². The Hall–Kier alpha value is -2.29. The molecule has 0 radical (unpaired) electrons. The number of rotatable bonds is 4. The van der Waals surface area contributed by atoms with Gasteiger partial charge in [0, 0.05) is 35.0 Å². The maximum Gasteiger partial charge on any atom is 0.325 e. The quantitative estimate of drug-likeness (QED) is 0.563. The molecule has 9 heteroatoms. The number of thioether (sulfide) groups is 1. The van der Waals surface area contributed by atoms with E-state index < -0.39 is 22.5 Å². The van der Waals surface area contributed by atoms with Crippen molar-refractivity contribution >= 4 is 11.8 Å². The highest BCUT2D eigenvalue weighted by molar-refractivity contribution is 7.97. The average molecular weight is 282 g/mol. The predicted molar refractivity (Wildman–Crippen MR) is 70.4 cm³/mol. The van der Waals surface area contributed by atoms with Gasteiger partial charge in [-0.2, -0.15) is 11.8 Å². The first-order valence-corrected chi connectivity index (χ1v) is 6.41. The maximum atomic E-state index is 11.4. The van der Waals surface area contributed by atoms with E-state index in [4.69, 9.17) is 0 Å². The van der Waals surface area contributed by atoms with E-state index in [0.717, 1.165) is 0 Å². The molecule has 2 aromatic heterocycles. The smallest absolute Gasteiger partial charge is 0.314 e. The van der Waals surface area contributed by atoms with Gasteiger partial charge in [0.1, 0.15) is 0 Å². The third-order valence-corrected chi connectivity index (χ3v) is 3.34. The van der Waals surface area contributed by atoms with Gasteiger partial charge in [0.05, 0.1) is 0 Å². The number of nitrogens with one attached hydrogen (secondary N) is 4. The van der Waals surface area contributed by atoms with Gasteiger partial charge in [-0.15, -0.1) is 0 Å². The van der Waals surface area contributed by atoms with Crippen LogP contribution in [0.5, 0.6) is 0 Å². The van der Waals surface area contributed by atoms with Crippen LogP contribution in [0.2, 0.25) is 0 Å². The lowest BCUT2D eigenvalue weighted by atomic mass is 10.4. The summed E-state index contributed by atoms with van der Waals surface area (Å²) in [5, 5.41) is 0. The van der Waals surface area contributed by atoms with Crippen molar-refractivity contribution in [3.05, 3.63) is 65.2 Å². The van der Waals surface area contributed by atoms with E-state index in [1.807, 2.05) is 0 Å². The first kappa shape index (κ1) is 13.1. The molecule has 19 heavy (non-hydrogen) atoms. The number of hydrogen-bond acceptors (Lipinski definition) is 5. The highest BCUT2D eigenvalue weighted by Crippen LogP contribution is 2.11. The minimum atomic E-state index is -0.559. The molecule has 2 heterocycles. The summed E-state index contributed by atoms with van der Waals surface area (Å²) in [6.45, 7) is 0. The van der Waals surface area contributed by atoms with Crippen LogP contribution in [-0.2, 0) is 11.5 Å². The Labute approximate surface area is 109 Å². The van der Waals surface area contributed by atoms with Gasteiger partial charge in [0.2, 0.25) is 0 Å². The van der Waals surface area contributed by atoms with E-state index in [2.05, 4.69) is 19.9 Å². The molecular formula is C10H10N4O4S. The van der Waals surface area contributed by atoms with Gasteiger partial charge in [-0.05, 0) is 0 Å². The minimum absolute atomic E-state index is 0.338. The molecule has 0 saturated carbocycles. The normalized spacial score (nSPS) is 10.5. The van der Waals surface area contributed by atoms with Crippen molar-refractivity contribution in [2.75, 3.05) is 0 Å². The zero-order valence-electron chi connectivity index (χ0n) is 9.61. The summed E-state index contributed by atoms with van der Waals surface area (Å²) < 4.78 is 0. The van der Waals surface area contributed by atoms with E-state index in [-0.39, 0.29) is 0 Å². The summed E-state index contributed by atoms with van der Waals surface area (Å²) in [6.07, 6.45) is 2.68. The van der Waals surface area contributed by atoms with Crippen molar-refractivity contribution < 1.29 is 0 Å². The topological polar surface area (TPSA) is 131 Å². The predicted octanol–water partition coefficient (Wildman–Crippen LogP) is -1.13. The molecular weight excluding hydrogens is 272 g/mol. The SMILES string of the molecule is O=c1[nH]cc(CSCc2c[nH]c(=O)[nH]c2=O)c(=O)[nH]1. The Morgan fingerprint density at radius 1 is 0.789 bits per heavy atom. The molecule has 0 aromatic carbocycles. The van der Waals surface area contributed by atoms with Crippen LogP contribution in [0.4, 0.5) is 0 Å². The van der Waals surface area contributed by atoms with Crippen molar-refractivity contribution in [2.24, 2.45) is 0 Å². The van der Waals surface area contributed by atoms with Crippen LogP contribution in [-0.4, -0.2) is 19.9 Å². The van der Waals surface area contributed by atoms with Gasteiger partial charge in [0.15, 0.2) is 0 Å². The summed E-state index contributed by atoms with van der Waals surface area (Å²) in [7, 11) is 0. The number of aromatic amines is 4. The lowest BCUT2D eigenvalue weighted by Gasteiger charge is -2.00. The Bertz CT molecular complexity index is 733. The summed E-state index contributed by atoms with van der Waals surface area (Å²) >= 11 is 1.32. The van der Waals surface area contributed by atoms with Crippen LogP contribution in [0.1, 0.15) is 11.1 Å². The molecule has 2 aromatic rings. The van der Waals surface area contributed by atoms with Crippen molar-refractivity contribution in [2.45, 2.75) is 11.5 Å². The summed E-state index contributed by atoms with van der Waals surface area (Å²) in [5.41, 5.74) is -1.21. The number of H-pyrrole nitrogens is 4. The highest BCUT2D eigenvalue weighted by atomic mass is 32.2. The molecule has 0 aliphatic carbocycles. The van der Waals surface area contributed by atoms with E-state index >= 15 is 0 Å². The molecule has 0 spiro atoms. The standard InChI is InChI=1S/C10H10N4O4S/c15-7-5(1-11-9(17)13-7)3-19-4-6-2-12-10(18)14-8(6)16/h1-2H,3-4H2,(H2,11,13,15,17)(H2,12,14,16,18). The average Bonchev–Trinajstić information content (AvgIpc) is 2.34. The Morgan fingerprint density at radius 3 is 1.58 bits per heavy atom. The Balaban J connectivity index is 2.04. The number of hydrogen-bond donors (Lipinski definition) is 4. The van der Waals surface area contributed by atoms with Crippen molar-refractivity contribution in [3.63, 3.8) is 0 Å². The maximum absolute atomic E-state index is 11.4. The molecule has 0 aliphatic heterocycles. The number of aromatic nitrogens is 4. The molecule has 4 N–H and O–H groups in total. The summed E-state index contributed by atoms with van der Waals surface area (Å²) in [6, 6.07) is 0.